The molecule has 0 aliphatic carbocycles. The third kappa shape index (κ3) is 2.51. The molecule has 0 N–H and O–H groups in total. The number of hydrogen-bond acceptors (Lipinski definition) is 4. The molecule has 2 aromatic rings. The van der Waals surface area contributed by atoms with E-state index in [0.717, 1.165) is 17.6 Å². The van der Waals surface area contributed by atoms with E-state index in [2.05, 4.69) is 10.3 Å². The second-order valence-electron chi connectivity index (χ2n) is 5.56. The Labute approximate surface area is 123 Å². The predicted octanol–water partition coefficient (Wildman–Crippen LogP) is 1.70. The number of hydrogen-bond donors (Lipinski definition) is 0. The van der Waals surface area contributed by atoms with Gasteiger partial charge in [-0.3, -0.25) is 4.79 Å². The highest BCUT2D eigenvalue weighted by Crippen LogP contribution is 2.18. The van der Waals surface area contributed by atoms with Gasteiger partial charge in [-0.2, -0.15) is 0 Å². The molecule has 1 amide bonds. The van der Waals surface area contributed by atoms with Crippen LogP contribution in [0, 0.1) is 0 Å². The van der Waals surface area contributed by atoms with Crippen LogP contribution in [0.25, 0.3) is 11.0 Å². The van der Waals surface area contributed by atoms with Gasteiger partial charge in [0.2, 0.25) is 0 Å². The summed E-state index contributed by atoms with van der Waals surface area (Å²) in [6.45, 7) is 7.99. The highest BCUT2D eigenvalue weighted by Gasteiger charge is 2.28. The normalized spacial score (nSPS) is 22.7. The van der Waals surface area contributed by atoms with E-state index in [1.807, 2.05) is 48.6 Å². The zero-order valence-electron chi connectivity index (χ0n) is 12.6. The average molecular weight is 288 g/mol. The summed E-state index contributed by atoms with van der Waals surface area (Å²) >= 11 is 0. The van der Waals surface area contributed by atoms with Crippen LogP contribution < -0.4 is 0 Å². The summed E-state index contributed by atoms with van der Waals surface area (Å²) in [5.41, 5.74) is 2.38. The molecular weight excluding hydrogens is 268 g/mol. The molecule has 1 fully saturated rings. The van der Waals surface area contributed by atoms with Crippen molar-refractivity contribution in [1.29, 1.82) is 0 Å². The lowest BCUT2D eigenvalue weighted by Crippen LogP contribution is -2.50. The second-order valence-corrected chi connectivity index (χ2v) is 5.56. The van der Waals surface area contributed by atoms with Crippen LogP contribution in [0.2, 0.25) is 0 Å². The molecule has 1 aromatic heterocycles. The van der Waals surface area contributed by atoms with Crippen LogP contribution in [0.5, 0.6) is 0 Å². The Bertz CT molecular complexity index is 667. The van der Waals surface area contributed by atoms with E-state index >= 15 is 0 Å². The molecule has 1 aliphatic rings. The van der Waals surface area contributed by atoms with E-state index in [0.29, 0.717) is 18.7 Å². The number of aromatic nitrogens is 3. The standard InChI is InChI=1S/C15H20N4O2/c1-4-19-14-6-5-12(7-13(14)16-17-19)15(20)18-8-11(3)21-9-10(18)2/h5-7,10-11H,4,8-9H2,1-3H3. The number of morpholine rings is 1. The first-order valence-electron chi connectivity index (χ1n) is 7.36. The minimum absolute atomic E-state index is 0.0330. The molecule has 2 heterocycles. The van der Waals surface area contributed by atoms with Crippen molar-refractivity contribution >= 4 is 16.9 Å². The first-order valence-corrected chi connectivity index (χ1v) is 7.36. The Hall–Kier alpha value is -1.95. The summed E-state index contributed by atoms with van der Waals surface area (Å²) in [7, 11) is 0. The van der Waals surface area contributed by atoms with Gasteiger partial charge in [-0.15, -0.1) is 5.10 Å². The Kier molecular flexibility index (Phi) is 3.63. The van der Waals surface area contributed by atoms with Gasteiger partial charge in [0.25, 0.3) is 5.91 Å². The van der Waals surface area contributed by atoms with Gasteiger partial charge in [-0.25, -0.2) is 4.68 Å². The molecule has 0 bridgehead atoms. The summed E-state index contributed by atoms with van der Waals surface area (Å²) in [5, 5.41) is 8.20. The minimum atomic E-state index is 0.0330. The quantitative estimate of drug-likeness (QED) is 0.844. The van der Waals surface area contributed by atoms with Crippen LogP contribution in [0.1, 0.15) is 31.1 Å². The molecule has 6 heteroatoms. The van der Waals surface area contributed by atoms with Crippen molar-refractivity contribution in [3.8, 4) is 0 Å². The van der Waals surface area contributed by atoms with Crippen LogP contribution in [0.15, 0.2) is 18.2 Å². The Morgan fingerprint density at radius 3 is 3.00 bits per heavy atom. The number of amides is 1. The zero-order chi connectivity index (χ0) is 15.0. The summed E-state index contributed by atoms with van der Waals surface area (Å²) in [6.07, 6.45) is 0.0786. The van der Waals surface area contributed by atoms with Crippen molar-refractivity contribution in [2.45, 2.75) is 39.5 Å². The Morgan fingerprint density at radius 2 is 2.24 bits per heavy atom. The lowest BCUT2D eigenvalue weighted by Gasteiger charge is -2.36. The topological polar surface area (TPSA) is 60.2 Å². The highest BCUT2D eigenvalue weighted by molar-refractivity contribution is 5.97. The molecular formula is C15H20N4O2. The maximum atomic E-state index is 12.7. The van der Waals surface area contributed by atoms with E-state index < -0.39 is 0 Å². The van der Waals surface area contributed by atoms with Gasteiger partial charge in [0.05, 0.1) is 24.3 Å². The maximum Gasteiger partial charge on any atom is 0.254 e. The molecule has 1 aliphatic heterocycles. The summed E-state index contributed by atoms with van der Waals surface area (Å²) in [5.74, 6) is 0.0330. The third-order valence-electron chi connectivity index (χ3n) is 3.93. The van der Waals surface area contributed by atoms with Crippen molar-refractivity contribution in [2.75, 3.05) is 13.2 Å². The number of carbonyl (C=O) groups excluding carboxylic acids is 1. The molecule has 0 saturated carbocycles. The number of carbonyl (C=O) groups is 1. The number of nitrogens with zero attached hydrogens (tertiary/aromatic N) is 4. The van der Waals surface area contributed by atoms with Gasteiger partial charge in [-0.05, 0) is 39.0 Å². The van der Waals surface area contributed by atoms with Crippen molar-refractivity contribution in [3.05, 3.63) is 23.8 Å². The summed E-state index contributed by atoms with van der Waals surface area (Å²) in [4.78, 5) is 14.6. The lowest BCUT2D eigenvalue weighted by atomic mass is 10.1. The molecule has 2 unspecified atom stereocenters. The van der Waals surface area contributed by atoms with Gasteiger partial charge in [0.15, 0.2) is 0 Å². The van der Waals surface area contributed by atoms with Crippen LogP contribution in [0.3, 0.4) is 0 Å². The number of rotatable bonds is 2. The van der Waals surface area contributed by atoms with Gasteiger partial charge in [-0.1, -0.05) is 5.21 Å². The molecule has 6 nitrogen and oxygen atoms in total. The van der Waals surface area contributed by atoms with Crippen molar-refractivity contribution in [1.82, 2.24) is 19.9 Å². The first-order chi connectivity index (χ1) is 10.1. The zero-order valence-corrected chi connectivity index (χ0v) is 12.6. The van der Waals surface area contributed by atoms with Gasteiger partial charge >= 0.3 is 0 Å². The van der Waals surface area contributed by atoms with E-state index in [1.54, 1.807) is 0 Å². The van der Waals surface area contributed by atoms with E-state index in [9.17, 15) is 4.79 Å². The SMILES string of the molecule is CCn1nnc2cc(C(=O)N3CC(C)OCC3C)ccc21. The second kappa shape index (κ2) is 5.44. The molecule has 21 heavy (non-hydrogen) atoms. The van der Waals surface area contributed by atoms with Crippen molar-refractivity contribution in [3.63, 3.8) is 0 Å². The summed E-state index contributed by atoms with van der Waals surface area (Å²) < 4.78 is 7.40. The number of ether oxygens (including phenoxy) is 1. The first kappa shape index (κ1) is 14.0. The number of aryl methyl sites for hydroxylation is 1. The average Bonchev–Trinajstić information content (AvgIpc) is 2.91. The van der Waals surface area contributed by atoms with Gasteiger partial charge in [0, 0.05) is 18.7 Å². The highest BCUT2D eigenvalue weighted by atomic mass is 16.5. The fourth-order valence-electron chi connectivity index (χ4n) is 2.69. The van der Waals surface area contributed by atoms with Gasteiger partial charge in [0.1, 0.15) is 5.52 Å². The van der Waals surface area contributed by atoms with E-state index in [1.165, 1.54) is 0 Å². The molecule has 112 valence electrons. The minimum Gasteiger partial charge on any atom is -0.375 e. The van der Waals surface area contributed by atoms with Crippen molar-refractivity contribution in [2.24, 2.45) is 0 Å². The lowest BCUT2D eigenvalue weighted by molar-refractivity contribution is -0.0387. The molecule has 0 spiro atoms. The van der Waals surface area contributed by atoms with Crippen LogP contribution in [-0.2, 0) is 11.3 Å². The third-order valence-corrected chi connectivity index (χ3v) is 3.93. The fraction of sp³-hybridized carbons (Fsp3) is 0.533. The Balaban J connectivity index is 1.90. The predicted molar refractivity (Wildman–Crippen MR) is 79.1 cm³/mol. The Morgan fingerprint density at radius 1 is 1.43 bits per heavy atom. The largest absolute Gasteiger partial charge is 0.375 e. The van der Waals surface area contributed by atoms with E-state index in [-0.39, 0.29) is 18.1 Å². The van der Waals surface area contributed by atoms with E-state index in [4.69, 9.17) is 4.74 Å². The molecule has 1 saturated heterocycles. The van der Waals surface area contributed by atoms with Crippen LogP contribution in [-0.4, -0.2) is 51.1 Å². The number of fused-ring (bicyclic) bond motifs is 1. The fourth-order valence-corrected chi connectivity index (χ4v) is 2.69. The smallest absolute Gasteiger partial charge is 0.254 e. The molecule has 2 atom stereocenters. The molecule has 0 radical (unpaired) electrons. The summed E-state index contributed by atoms with van der Waals surface area (Å²) in [6, 6.07) is 5.69. The van der Waals surface area contributed by atoms with Crippen molar-refractivity contribution < 1.29 is 9.53 Å². The molecule has 1 aromatic carbocycles. The molecule has 3 rings (SSSR count). The number of benzene rings is 1. The van der Waals surface area contributed by atoms with Gasteiger partial charge < -0.3 is 9.64 Å². The maximum absolute atomic E-state index is 12.7. The monoisotopic (exact) mass is 288 g/mol. The van der Waals surface area contributed by atoms with Crippen LogP contribution >= 0.6 is 0 Å². The van der Waals surface area contributed by atoms with Crippen LogP contribution in [0.4, 0.5) is 0 Å².